The molecule has 1 aromatic carbocycles. The van der Waals surface area contributed by atoms with Gasteiger partial charge in [0, 0.05) is 17.6 Å². The first-order valence-electron chi connectivity index (χ1n) is 6.30. The van der Waals surface area contributed by atoms with Crippen LogP contribution in [0.4, 0.5) is 0 Å². The van der Waals surface area contributed by atoms with Gasteiger partial charge in [-0.05, 0) is 51.7 Å². The van der Waals surface area contributed by atoms with Gasteiger partial charge in [0.2, 0.25) is 0 Å². The maximum Gasteiger partial charge on any atom is 0.0914 e. The van der Waals surface area contributed by atoms with Crippen molar-refractivity contribution < 1.29 is 5.11 Å². The molecular formula is C14H23ClN2O. The second-order valence-corrected chi connectivity index (χ2v) is 5.41. The molecule has 1 aromatic rings. The van der Waals surface area contributed by atoms with Gasteiger partial charge in [0.15, 0.2) is 0 Å². The number of halogens is 1. The van der Waals surface area contributed by atoms with Crippen molar-refractivity contribution in [1.82, 2.24) is 10.2 Å². The SMILES string of the molecule is CC(CCN(C)C)NCC(O)c1ccc(Cl)cc1. The molecule has 18 heavy (non-hydrogen) atoms. The predicted octanol–water partition coefficient (Wildman–Crippen LogP) is 2.30. The smallest absolute Gasteiger partial charge is 0.0914 e. The number of rotatable bonds is 7. The molecule has 0 aliphatic carbocycles. The molecule has 0 saturated carbocycles. The van der Waals surface area contributed by atoms with Crippen LogP contribution in [0.15, 0.2) is 24.3 Å². The molecule has 0 amide bonds. The second-order valence-electron chi connectivity index (χ2n) is 4.97. The zero-order valence-corrected chi connectivity index (χ0v) is 12.1. The maximum atomic E-state index is 10.0. The van der Waals surface area contributed by atoms with E-state index in [1.54, 1.807) is 12.1 Å². The lowest BCUT2D eigenvalue weighted by Gasteiger charge is -2.19. The molecule has 3 nitrogen and oxygen atoms in total. The summed E-state index contributed by atoms with van der Waals surface area (Å²) in [5.74, 6) is 0. The molecule has 0 radical (unpaired) electrons. The summed E-state index contributed by atoms with van der Waals surface area (Å²) in [6.07, 6.45) is 0.587. The van der Waals surface area contributed by atoms with Crippen LogP contribution in [0.3, 0.4) is 0 Å². The fourth-order valence-electron chi connectivity index (χ4n) is 1.67. The van der Waals surface area contributed by atoms with Gasteiger partial charge in [0.1, 0.15) is 0 Å². The highest BCUT2D eigenvalue weighted by atomic mass is 35.5. The maximum absolute atomic E-state index is 10.0. The highest BCUT2D eigenvalue weighted by Crippen LogP contribution is 2.15. The van der Waals surface area contributed by atoms with Crippen LogP contribution in [0.5, 0.6) is 0 Å². The lowest BCUT2D eigenvalue weighted by Crippen LogP contribution is -2.32. The van der Waals surface area contributed by atoms with Gasteiger partial charge in [-0.3, -0.25) is 0 Å². The Morgan fingerprint density at radius 3 is 2.44 bits per heavy atom. The van der Waals surface area contributed by atoms with Gasteiger partial charge in [-0.15, -0.1) is 0 Å². The van der Waals surface area contributed by atoms with E-state index in [1.165, 1.54) is 0 Å². The van der Waals surface area contributed by atoms with Crippen molar-refractivity contribution in [3.05, 3.63) is 34.9 Å². The van der Waals surface area contributed by atoms with Crippen molar-refractivity contribution in [1.29, 1.82) is 0 Å². The van der Waals surface area contributed by atoms with Crippen LogP contribution >= 0.6 is 11.6 Å². The first kappa shape index (κ1) is 15.4. The quantitative estimate of drug-likeness (QED) is 0.798. The molecule has 0 spiro atoms. The first-order chi connectivity index (χ1) is 8.49. The minimum atomic E-state index is -0.482. The van der Waals surface area contributed by atoms with Crippen LogP contribution in [0.25, 0.3) is 0 Å². The van der Waals surface area contributed by atoms with Gasteiger partial charge < -0.3 is 15.3 Å². The third-order valence-corrected chi connectivity index (χ3v) is 3.18. The van der Waals surface area contributed by atoms with E-state index in [1.807, 2.05) is 12.1 Å². The Hall–Kier alpha value is -0.610. The molecule has 0 aliphatic heterocycles. The molecular weight excluding hydrogens is 248 g/mol. The molecule has 0 aromatic heterocycles. The zero-order valence-electron chi connectivity index (χ0n) is 11.4. The number of aliphatic hydroxyl groups is 1. The van der Waals surface area contributed by atoms with Crippen molar-refractivity contribution in [3.63, 3.8) is 0 Å². The standard InChI is InChI=1S/C14H23ClN2O/c1-11(8-9-17(2)3)16-10-14(18)12-4-6-13(15)7-5-12/h4-7,11,14,16,18H,8-10H2,1-3H3. The summed E-state index contributed by atoms with van der Waals surface area (Å²) in [7, 11) is 4.13. The van der Waals surface area contributed by atoms with E-state index in [0.717, 1.165) is 18.5 Å². The normalized spacial score (nSPS) is 14.8. The van der Waals surface area contributed by atoms with Crippen LogP contribution in [-0.4, -0.2) is 43.2 Å². The Kier molecular flexibility index (Phi) is 6.65. The molecule has 0 aliphatic rings. The minimum Gasteiger partial charge on any atom is -0.387 e. The Bertz CT molecular complexity index is 340. The van der Waals surface area contributed by atoms with Gasteiger partial charge in [0.25, 0.3) is 0 Å². The van der Waals surface area contributed by atoms with Gasteiger partial charge in [0.05, 0.1) is 6.10 Å². The summed E-state index contributed by atoms with van der Waals surface area (Å²) < 4.78 is 0. The van der Waals surface area contributed by atoms with Gasteiger partial charge in [-0.1, -0.05) is 23.7 Å². The largest absolute Gasteiger partial charge is 0.387 e. The highest BCUT2D eigenvalue weighted by Gasteiger charge is 2.09. The third kappa shape index (κ3) is 5.83. The summed E-state index contributed by atoms with van der Waals surface area (Å²) in [6.45, 7) is 3.75. The van der Waals surface area contributed by atoms with Crippen LogP contribution < -0.4 is 5.32 Å². The van der Waals surface area contributed by atoms with Crippen molar-refractivity contribution in [2.24, 2.45) is 0 Å². The molecule has 1 rings (SSSR count). The molecule has 0 saturated heterocycles. The number of hydrogen-bond acceptors (Lipinski definition) is 3. The number of nitrogens with one attached hydrogen (secondary N) is 1. The lowest BCUT2D eigenvalue weighted by molar-refractivity contribution is 0.169. The molecule has 2 N–H and O–H groups in total. The van der Waals surface area contributed by atoms with E-state index < -0.39 is 6.10 Å². The zero-order chi connectivity index (χ0) is 13.5. The predicted molar refractivity (Wildman–Crippen MR) is 77.0 cm³/mol. The molecule has 0 heterocycles. The van der Waals surface area contributed by atoms with Gasteiger partial charge in [-0.2, -0.15) is 0 Å². The summed E-state index contributed by atoms with van der Waals surface area (Å²) in [5, 5.41) is 14.1. The number of hydrogen-bond donors (Lipinski definition) is 2. The Balaban J connectivity index is 2.32. The van der Waals surface area contributed by atoms with Crippen molar-refractivity contribution >= 4 is 11.6 Å². The number of benzene rings is 1. The van der Waals surface area contributed by atoms with Crippen LogP contribution in [0, 0.1) is 0 Å². The number of aliphatic hydroxyl groups excluding tert-OH is 1. The topological polar surface area (TPSA) is 35.5 Å². The van der Waals surface area contributed by atoms with Crippen LogP contribution in [0.2, 0.25) is 5.02 Å². The van der Waals surface area contributed by atoms with Crippen LogP contribution in [-0.2, 0) is 0 Å². The summed E-state index contributed by atoms with van der Waals surface area (Å²) >= 11 is 5.81. The fraction of sp³-hybridized carbons (Fsp3) is 0.571. The Morgan fingerprint density at radius 1 is 1.28 bits per heavy atom. The van der Waals surface area contributed by atoms with Crippen LogP contribution in [0.1, 0.15) is 25.0 Å². The van der Waals surface area contributed by atoms with Gasteiger partial charge >= 0.3 is 0 Å². The summed E-state index contributed by atoms with van der Waals surface area (Å²) in [4.78, 5) is 2.16. The van der Waals surface area contributed by atoms with E-state index in [2.05, 4.69) is 31.2 Å². The van der Waals surface area contributed by atoms with E-state index in [-0.39, 0.29) is 0 Å². The lowest BCUT2D eigenvalue weighted by atomic mass is 10.1. The number of nitrogens with zero attached hydrogens (tertiary/aromatic N) is 1. The molecule has 4 heteroatoms. The fourth-order valence-corrected chi connectivity index (χ4v) is 1.80. The summed E-state index contributed by atoms with van der Waals surface area (Å²) in [6, 6.07) is 7.72. The molecule has 0 bridgehead atoms. The molecule has 102 valence electrons. The van der Waals surface area contributed by atoms with Crippen molar-refractivity contribution in [3.8, 4) is 0 Å². The van der Waals surface area contributed by atoms with E-state index in [4.69, 9.17) is 11.6 Å². The van der Waals surface area contributed by atoms with E-state index >= 15 is 0 Å². The molecule has 0 fully saturated rings. The molecule has 2 unspecified atom stereocenters. The monoisotopic (exact) mass is 270 g/mol. The van der Waals surface area contributed by atoms with Crippen molar-refractivity contribution in [2.75, 3.05) is 27.2 Å². The average molecular weight is 271 g/mol. The second kappa shape index (κ2) is 7.74. The first-order valence-corrected chi connectivity index (χ1v) is 6.68. The van der Waals surface area contributed by atoms with Crippen molar-refractivity contribution in [2.45, 2.75) is 25.5 Å². The Labute approximate surface area is 115 Å². The minimum absolute atomic E-state index is 0.398. The Morgan fingerprint density at radius 2 is 1.89 bits per heavy atom. The third-order valence-electron chi connectivity index (χ3n) is 2.92. The van der Waals surface area contributed by atoms with Gasteiger partial charge in [-0.25, -0.2) is 0 Å². The van der Waals surface area contributed by atoms with E-state index in [9.17, 15) is 5.11 Å². The highest BCUT2D eigenvalue weighted by molar-refractivity contribution is 6.30. The average Bonchev–Trinajstić information content (AvgIpc) is 2.34. The molecule has 2 atom stereocenters. The summed E-state index contributed by atoms with van der Waals surface area (Å²) in [5.41, 5.74) is 0.895. The van der Waals surface area contributed by atoms with E-state index in [0.29, 0.717) is 17.6 Å².